The SMILES string of the molecule is O=[N+]([O-])c1ccc(NCCOCCO)nc1. The summed E-state index contributed by atoms with van der Waals surface area (Å²) in [6.07, 6.45) is 1.19. The summed E-state index contributed by atoms with van der Waals surface area (Å²) in [7, 11) is 0. The number of aliphatic hydroxyl groups is 1. The van der Waals surface area contributed by atoms with Gasteiger partial charge < -0.3 is 15.2 Å². The molecule has 1 aromatic heterocycles. The zero-order valence-corrected chi connectivity index (χ0v) is 8.63. The van der Waals surface area contributed by atoms with E-state index >= 15 is 0 Å². The second kappa shape index (κ2) is 6.70. The maximum atomic E-state index is 10.3. The van der Waals surface area contributed by atoms with Gasteiger partial charge in [0.25, 0.3) is 5.69 Å². The lowest BCUT2D eigenvalue weighted by Crippen LogP contribution is -2.12. The van der Waals surface area contributed by atoms with Crippen LogP contribution in [0.4, 0.5) is 11.5 Å². The van der Waals surface area contributed by atoms with Crippen LogP contribution in [0.1, 0.15) is 0 Å². The van der Waals surface area contributed by atoms with Gasteiger partial charge >= 0.3 is 0 Å². The van der Waals surface area contributed by atoms with Crippen molar-refractivity contribution in [3.8, 4) is 0 Å². The fraction of sp³-hybridized carbons (Fsp3) is 0.444. The van der Waals surface area contributed by atoms with Crippen molar-refractivity contribution in [3.63, 3.8) is 0 Å². The summed E-state index contributed by atoms with van der Waals surface area (Å²) in [6.45, 7) is 1.27. The van der Waals surface area contributed by atoms with Crippen molar-refractivity contribution in [1.82, 2.24) is 4.98 Å². The van der Waals surface area contributed by atoms with Crippen LogP contribution in [0.2, 0.25) is 0 Å². The van der Waals surface area contributed by atoms with Gasteiger partial charge in [-0.15, -0.1) is 0 Å². The molecule has 16 heavy (non-hydrogen) atoms. The van der Waals surface area contributed by atoms with Crippen molar-refractivity contribution >= 4 is 11.5 Å². The molecule has 0 amide bonds. The first-order chi connectivity index (χ1) is 7.74. The molecule has 0 radical (unpaired) electrons. The highest BCUT2D eigenvalue weighted by molar-refractivity contribution is 5.39. The lowest BCUT2D eigenvalue weighted by molar-refractivity contribution is -0.385. The predicted molar refractivity (Wildman–Crippen MR) is 57.3 cm³/mol. The van der Waals surface area contributed by atoms with Crippen molar-refractivity contribution in [2.75, 3.05) is 31.7 Å². The van der Waals surface area contributed by atoms with E-state index in [1.165, 1.54) is 18.3 Å². The average molecular weight is 227 g/mol. The van der Waals surface area contributed by atoms with E-state index in [-0.39, 0.29) is 12.3 Å². The van der Waals surface area contributed by atoms with Crippen molar-refractivity contribution in [1.29, 1.82) is 0 Å². The van der Waals surface area contributed by atoms with Crippen LogP contribution in [-0.4, -0.2) is 41.4 Å². The summed E-state index contributed by atoms with van der Waals surface area (Å²) in [5.41, 5.74) is -0.0397. The number of nitrogens with zero attached hydrogens (tertiary/aromatic N) is 2. The van der Waals surface area contributed by atoms with Crippen LogP contribution in [-0.2, 0) is 4.74 Å². The fourth-order valence-corrected chi connectivity index (χ4v) is 1.02. The molecule has 0 unspecified atom stereocenters. The number of hydrogen-bond donors (Lipinski definition) is 2. The van der Waals surface area contributed by atoms with Gasteiger partial charge in [0.1, 0.15) is 12.0 Å². The third-order valence-corrected chi connectivity index (χ3v) is 1.75. The minimum absolute atomic E-state index is 0.00418. The van der Waals surface area contributed by atoms with E-state index in [1.54, 1.807) is 0 Å². The quantitative estimate of drug-likeness (QED) is 0.398. The Morgan fingerprint density at radius 2 is 2.31 bits per heavy atom. The molecule has 0 aliphatic carbocycles. The summed E-state index contributed by atoms with van der Waals surface area (Å²) >= 11 is 0. The van der Waals surface area contributed by atoms with Crippen molar-refractivity contribution in [2.45, 2.75) is 0 Å². The number of pyridine rings is 1. The molecule has 0 fully saturated rings. The van der Waals surface area contributed by atoms with E-state index in [1.807, 2.05) is 0 Å². The highest BCUT2D eigenvalue weighted by atomic mass is 16.6. The number of aliphatic hydroxyl groups excluding tert-OH is 1. The molecule has 7 heteroatoms. The number of nitrogens with one attached hydrogen (secondary N) is 1. The van der Waals surface area contributed by atoms with E-state index in [0.29, 0.717) is 25.6 Å². The van der Waals surface area contributed by atoms with Gasteiger partial charge in [-0.1, -0.05) is 0 Å². The molecule has 0 aliphatic rings. The smallest absolute Gasteiger partial charge is 0.287 e. The van der Waals surface area contributed by atoms with E-state index in [9.17, 15) is 10.1 Å². The summed E-state index contributed by atoms with van der Waals surface area (Å²) in [6, 6.07) is 2.91. The summed E-state index contributed by atoms with van der Waals surface area (Å²) < 4.78 is 5.02. The van der Waals surface area contributed by atoms with Gasteiger partial charge in [0.2, 0.25) is 0 Å². The first-order valence-electron chi connectivity index (χ1n) is 4.77. The van der Waals surface area contributed by atoms with Crippen LogP contribution >= 0.6 is 0 Å². The number of ether oxygens (including phenoxy) is 1. The molecule has 2 N–H and O–H groups in total. The zero-order valence-electron chi connectivity index (χ0n) is 8.63. The first kappa shape index (κ1) is 12.3. The Balaban J connectivity index is 2.29. The van der Waals surface area contributed by atoms with Crippen LogP contribution in [0.5, 0.6) is 0 Å². The highest BCUT2D eigenvalue weighted by Crippen LogP contribution is 2.11. The van der Waals surface area contributed by atoms with Gasteiger partial charge in [-0.3, -0.25) is 10.1 Å². The zero-order chi connectivity index (χ0) is 11.8. The van der Waals surface area contributed by atoms with Crippen molar-refractivity contribution in [2.24, 2.45) is 0 Å². The Morgan fingerprint density at radius 1 is 1.50 bits per heavy atom. The Morgan fingerprint density at radius 3 is 2.88 bits per heavy atom. The Hall–Kier alpha value is -1.73. The Labute approximate surface area is 92.2 Å². The molecule has 1 aromatic rings. The second-order valence-electron chi connectivity index (χ2n) is 2.92. The van der Waals surface area contributed by atoms with E-state index < -0.39 is 4.92 Å². The molecular weight excluding hydrogens is 214 g/mol. The molecule has 88 valence electrons. The highest BCUT2D eigenvalue weighted by Gasteiger charge is 2.04. The number of aromatic nitrogens is 1. The van der Waals surface area contributed by atoms with Gasteiger partial charge in [-0.2, -0.15) is 0 Å². The summed E-state index contributed by atoms with van der Waals surface area (Å²) in [5.74, 6) is 0.554. The van der Waals surface area contributed by atoms with E-state index in [4.69, 9.17) is 9.84 Å². The fourth-order valence-electron chi connectivity index (χ4n) is 1.02. The molecule has 0 aromatic carbocycles. The van der Waals surface area contributed by atoms with Gasteiger partial charge in [0.15, 0.2) is 0 Å². The topological polar surface area (TPSA) is 97.5 Å². The molecule has 1 rings (SSSR count). The van der Waals surface area contributed by atoms with Crippen molar-refractivity contribution in [3.05, 3.63) is 28.4 Å². The maximum Gasteiger partial charge on any atom is 0.287 e. The van der Waals surface area contributed by atoms with Gasteiger partial charge in [-0.25, -0.2) is 4.98 Å². The molecule has 0 bridgehead atoms. The lowest BCUT2D eigenvalue weighted by Gasteiger charge is -2.05. The molecule has 0 saturated carbocycles. The van der Waals surface area contributed by atoms with E-state index in [2.05, 4.69) is 10.3 Å². The molecule has 0 aliphatic heterocycles. The van der Waals surface area contributed by atoms with Crippen LogP contribution in [0.3, 0.4) is 0 Å². The van der Waals surface area contributed by atoms with Gasteiger partial charge in [-0.05, 0) is 6.07 Å². The third-order valence-electron chi connectivity index (χ3n) is 1.75. The third kappa shape index (κ3) is 4.20. The van der Waals surface area contributed by atoms with E-state index in [0.717, 1.165) is 0 Å². The number of rotatable bonds is 7. The standard InChI is InChI=1S/C9H13N3O4/c13-4-6-16-5-3-10-9-2-1-8(7-11-9)12(14)15/h1-2,7,13H,3-6H2,(H,10,11). The average Bonchev–Trinajstić information content (AvgIpc) is 2.29. The maximum absolute atomic E-state index is 10.3. The molecule has 0 saturated heterocycles. The molecule has 0 spiro atoms. The van der Waals surface area contributed by atoms with Crippen LogP contribution in [0.25, 0.3) is 0 Å². The largest absolute Gasteiger partial charge is 0.394 e. The second-order valence-corrected chi connectivity index (χ2v) is 2.92. The van der Waals surface area contributed by atoms with Gasteiger partial charge in [0, 0.05) is 12.6 Å². The van der Waals surface area contributed by atoms with Gasteiger partial charge in [0.05, 0.1) is 24.7 Å². The van der Waals surface area contributed by atoms with Crippen LogP contribution < -0.4 is 5.32 Å². The van der Waals surface area contributed by atoms with Crippen molar-refractivity contribution < 1.29 is 14.8 Å². The van der Waals surface area contributed by atoms with Crippen LogP contribution in [0, 0.1) is 10.1 Å². The summed E-state index contributed by atoms with van der Waals surface area (Å²) in [5, 5.41) is 21.7. The lowest BCUT2D eigenvalue weighted by atomic mass is 10.4. The van der Waals surface area contributed by atoms with Crippen LogP contribution in [0.15, 0.2) is 18.3 Å². The Bertz CT molecular complexity index is 328. The molecule has 1 heterocycles. The number of nitro groups is 1. The number of anilines is 1. The molecule has 0 atom stereocenters. The Kier molecular flexibility index (Phi) is 5.17. The first-order valence-corrected chi connectivity index (χ1v) is 4.77. The normalized spacial score (nSPS) is 10.1. The number of hydrogen-bond acceptors (Lipinski definition) is 6. The molecule has 7 nitrogen and oxygen atoms in total. The summed E-state index contributed by atoms with van der Waals surface area (Å²) in [4.78, 5) is 13.7. The molecular formula is C9H13N3O4. The minimum atomic E-state index is -0.499. The monoisotopic (exact) mass is 227 g/mol. The minimum Gasteiger partial charge on any atom is -0.394 e. The predicted octanol–water partition coefficient (Wildman–Crippen LogP) is 0.411.